The van der Waals surface area contributed by atoms with Crippen LogP contribution in [0.5, 0.6) is 0 Å². The number of furan rings is 2. The van der Waals surface area contributed by atoms with Crippen LogP contribution in [0, 0.1) is 27.7 Å². The number of fused-ring (bicyclic) bond motifs is 8. The van der Waals surface area contributed by atoms with E-state index in [0.29, 0.717) is 0 Å². The van der Waals surface area contributed by atoms with Gasteiger partial charge in [-0.1, -0.05) is 128 Å². The third kappa shape index (κ3) is 6.84. The van der Waals surface area contributed by atoms with Gasteiger partial charge in [-0.15, -0.1) is 11.3 Å². The summed E-state index contributed by atoms with van der Waals surface area (Å²) in [7, 11) is 0. The number of thiophene rings is 1. The third-order valence-electron chi connectivity index (χ3n) is 15.0. The van der Waals surface area contributed by atoms with Crippen LogP contribution in [-0.4, -0.2) is 6.71 Å². The fourth-order valence-electron chi connectivity index (χ4n) is 11.4. The molecule has 0 N–H and O–H groups in total. The number of hydrogen-bond acceptors (Lipinski definition) is 5. The van der Waals surface area contributed by atoms with Gasteiger partial charge in [-0.3, -0.25) is 0 Å². The maximum atomic E-state index is 6.64. The van der Waals surface area contributed by atoms with Gasteiger partial charge >= 0.3 is 0 Å². The van der Waals surface area contributed by atoms with E-state index in [2.05, 4.69) is 220 Å². The molecule has 6 heteroatoms. The smallest absolute Gasteiger partial charge is 0.254 e. The van der Waals surface area contributed by atoms with Crippen LogP contribution in [-0.2, 0) is 10.8 Å². The van der Waals surface area contributed by atoms with Gasteiger partial charge in [0.05, 0.1) is 16.4 Å². The molecule has 12 rings (SSSR count). The van der Waals surface area contributed by atoms with Crippen molar-refractivity contribution in [3.05, 3.63) is 172 Å². The van der Waals surface area contributed by atoms with Gasteiger partial charge < -0.3 is 18.6 Å². The van der Waals surface area contributed by atoms with Crippen molar-refractivity contribution in [1.29, 1.82) is 0 Å². The van der Waals surface area contributed by atoms with Gasteiger partial charge in [0.25, 0.3) is 6.71 Å². The first-order valence-electron chi connectivity index (χ1n) is 24.6. The van der Waals surface area contributed by atoms with Crippen LogP contribution in [0.4, 0.5) is 33.4 Å². The zero-order chi connectivity index (χ0) is 48.0. The number of rotatable bonds is 5. The summed E-state index contributed by atoms with van der Waals surface area (Å²) in [4.78, 5) is 5.28. The fraction of sp³-hybridized carbons (Fsp3) is 0.238. The zero-order valence-electron chi connectivity index (χ0n) is 42.0. The second-order valence-electron chi connectivity index (χ2n) is 22.3. The molecule has 5 heterocycles. The van der Waals surface area contributed by atoms with E-state index in [1.165, 1.54) is 98.9 Å². The fourth-order valence-corrected chi connectivity index (χ4v) is 12.6. The van der Waals surface area contributed by atoms with Gasteiger partial charge in [-0.2, -0.15) is 0 Å². The van der Waals surface area contributed by atoms with Gasteiger partial charge in [0, 0.05) is 43.7 Å². The summed E-state index contributed by atoms with van der Waals surface area (Å²) in [6, 6.07) is 50.0. The van der Waals surface area contributed by atoms with E-state index in [9.17, 15) is 0 Å². The Kier molecular flexibility index (Phi) is 9.70. The molecule has 0 aliphatic carbocycles. The Labute approximate surface area is 411 Å². The van der Waals surface area contributed by atoms with Crippen molar-refractivity contribution in [2.75, 3.05) is 9.80 Å². The van der Waals surface area contributed by atoms with Crippen LogP contribution in [0.25, 0.3) is 54.7 Å². The lowest BCUT2D eigenvalue weighted by molar-refractivity contribution is 0.589. The Morgan fingerprint density at radius 3 is 1.64 bits per heavy atom. The molecule has 0 fully saturated rings. The van der Waals surface area contributed by atoms with E-state index in [0.717, 1.165) is 44.6 Å². The molecule has 0 saturated heterocycles. The molecule has 7 aromatic carbocycles. The average Bonchev–Trinajstić information content (AvgIpc) is 4.04. The molecule has 0 spiro atoms. The highest BCUT2D eigenvalue weighted by Gasteiger charge is 2.47. The van der Waals surface area contributed by atoms with Crippen molar-refractivity contribution >= 4 is 99.9 Å². The monoisotopic (exact) mass is 918 g/mol. The summed E-state index contributed by atoms with van der Waals surface area (Å²) in [5, 5.41) is 4.84. The first kappa shape index (κ1) is 43.5. The van der Waals surface area contributed by atoms with E-state index < -0.39 is 0 Å². The van der Waals surface area contributed by atoms with Gasteiger partial charge in [0.15, 0.2) is 0 Å². The third-order valence-corrected chi connectivity index (χ3v) is 16.1. The summed E-state index contributed by atoms with van der Waals surface area (Å²) in [5.74, 6) is 2.04. The highest BCUT2D eigenvalue weighted by atomic mass is 32.1. The largest absolute Gasteiger partial charge is 0.456 e. The molecule has 69 heavy (non-hydrogen) atoms. The van der Waals surface area contributed by atoms with E-state index >= 15 is 0 Å². The molecule has 0 bridgehead atoms. The maximum Gasteiger partial charge on any atom is 0.254 e. The Bertz CT molecular complexity index is 3640. The zero-order valence-corrected chi connectivity index (χ0v) is 42.8. The van der Waals surface area contributed by atoms with Crippen molar-refractivity contribution in [2.45, 2.75) is 99.8 Å². The standard InChI is InChI=1S/C63H59BN2O2S/c1-35(2)43-30-50-58-51(31-43)66(60-36(3)25-44(26-37(60)4)55-33-41-18-14-16-20-53(41)68-55)61-57(47-34-45(62(7,8)9)22-24-56(47)69-61)64(58)48-23-21-42(54-32-40-17-13-15-19-52(40)67-54)29-49(48)65(50)59-38(5)27-46(28-39(59)6)63(10,11)12/h13-35H,1-12H3. The second kappa shape index (κ2) is 15.4. The molecule has 4 nitrogen and oxygen atoms in total. The highest BCUT2D eigenvalue weighted by molar-refractivity contribution is 7.26. The van der Waals surface area contributed by atoms with Gasteiger partial charge in [0.2, 0.25) is 0 Å². The van der Waals surface area contributed by atoms with Crippen molar-refractivity contribution < 1.29 is 8.83 Å². The molecule has 0 unspecified atom stereocenters. The van der Waals surface area contributed by atoms with E-state index in [4.69, 9.17) is 8.83 Å². The van der Waals surface area contributed by atoms with Crippen LogP contribution in [0.1, 0.15) is 100 Å². The Hall–Kier alpha value is -6.76. The molecule has 2 aliphatic rings. The quantitative estimate of drug-likeness (QED) is 0.161. The van der Waals surface area contributed by atoms with Crippen molar-refractivity contribution in [3.8, 4) is 22.6 Å². The minimum atomic E-state index is -0.0349. The molecule has 2 aliphatic heterocycles. The Balaban J connectivity index is 1.18. The van der Waals surface area contributed by atoms with Crippen LogP contribution in [0.3, 0.4) is 0 Å². The van der Waals surface area contributed by atoms with Crippen molar-refractivity contribution in [1.82, 2.24) is 0 Å². The SMILES string of the molecule is Cc1cc(C(C)(C)C)cc(C)c1N1c2cc(-c3cc4ccccc4o3)ccc2B2c3c1cc(C(C)C)cc3N(c1c(C)cc(-c3cc4ccccc4o3)cc1C)c1sc3ccc(C(C)(C)C)cc3c12. The van der Waals surface area contributed by atoms with Crippen molar-refractivity contribution in [3.63, 3.8) is 0 Å². The van der Waals surface area contributed by atoms with Crippen LogP contribution < -0.4 is 26.2 Å². The number of para-hydroxylation sites is 2. The number of aryl methyl sites for hydroxylation is 4. The minimum absolute atomic E-state index is 0.00261. The highest BCUT2D eigenvalue weighted by Crippen LogP contribution is 2.52. The number of anilines is 6. The lowest BCUT2D eigenvalue weighted by Crippen LogP contribution is -2.61. The Morgan fingerprint density at radius 1 is 0.507 bits per heavy atom. The predicted molar refractivity (Wildman–Crippen MR) is 297 cm³/mol. The average molecular weight is 919 g/mol. The topological polar surface area (TPSA) is 32.8 Å². The molecule has 0 saturated carbocycles. The molecular weight excluding hydrogens is 860 g/mol. The van der Waals surface area contributed by atoms with Gasteiger partial charge in [0.1, 0.15) is 22.7 Å². The molecule has 0 amide bonds. The molecule has 0 atom stereocenters. The first-order valence-corrected chi connectivity index (χ1v) is 25.4. The van der Waals surface area contributed by atoms with Gasteiger partial charge in [-0.05, 0) is 166 Å². The summed E-state index contributed by atoms with van der Waals surface area (Å²) >= 11 is 1.93. The van der Waals surface area contributed by atoms with Crippen molar-refractivity contribution in [2.24, 2.45) is 0 Å². The molecular formula is C63H59BN2O2S. The number of nitrogens with zero attached hydrogens (tertiary/aromatic N) is 2. The summed E-state index contributed by atoms with van der Waals surface area (Å²) in [6.07, 6.45) is 0. The second-order valence-corrected chi connectivity index (χ2v) is 23.3. The molecule has 10 aromatic rings. The van der Waals surface area contributed by atoms with Gasteiger partial charge in [-0.25, -0.2) is 0 Å². The lowest BCUT2D eigenvalue weighted by Gasteiger charge is -2.45. The number of benzene rings is 7. The maximum absolute atomic E-state index is 6.64. The molecule has 0 radical (unpaired) electrons. The predicted octanol–water partition coefficient (Wildman–Crippen LogP) is 16.8. The van der Waals surface area contributed by atoms with E-state index in [1.54, 1.807) is 0 Å². The van der Waals surface area contributed by atoms with E-state index in [-0.39, 0.29) is 23.5 Å². The summed E-state index contributed by atoms with van der Waals surface area (Å²) in [6.45, 7) is 27.8. The van der Waals surface area contributed by atoms with Crippen LogP contribution in [0.15, 0.2) is 142 Å². The Morgan fingerprint density at radius 2 is 1.06 bits per heavy atom. The molecule has 342 valence electrons. The molecule has 3 aromatic heterocycles. The van der Waals surface area contributed by atoms with E-state index in [1.807, 2.05) is 17.4 Å². The lowest BCUT2D eigenvalue weighted by atomic mass is 9.33. The summed E-state index contributed by atoms with van der Waals surface area (Å²) < 4.78 is 14.4. The normalized spacial score (nSPS) is 13.6. The van der Waals surface area contributed by atoms with Crippen LogP contribution in [0.2, 0.25) is 0 Å². The minimum Gasteiger partial charge on any atom is -0.456 e. The number of hydrogen-bond donors (Lipinski definition) is 0. The first-order chi connectivity index (χ1) is 32.9. The summed E-state index contributed by atoms with van der Waals surface area (Å²) in [5.41, 5.74) is 23.0. The van der Waals surface area contributed by atoms with Crippen LogP contribution >= 0.6 is 11.3 Å².